The molecule has 0 fully saturated rings. The van der Waals surface area contributed by atoms with Crippen LogP contribution in [0.4, 0.5) is 30.7 Å². The topological polar surface area (TPSA) is 197 Å². The predicted octanol–water partition coefficient (Wildman–Crippen LogP) is 7.42. The molecule has 0 bridgehead atoms. The number of aryl methyl sites for hydroxylation is 3. The summed E-state index contributed by atoms with van der Waals surface area (Å²) in [5, 5.41) is 11.1. The Kier molecular flexibility index (Phi) is 13.8. The molecule has 3 aromatic carbocycles. The molecule has 0 saturated heterocycles. The minimum atomic E-state index is -4.99. The highest BCUT2D eigenvalue weighted by Gasteiger charge is 2.65. The van der Waals surface area contributed by atoms with E-state index in [1.165, 1.54) is 39.0 Å². The molecule has 0 aliphatic carbocycles. The second kappa shape index (κ2) is 17.2. The van der Waals surface area contributed by atoms with E-state index in [-0.39, 0.29) is 33.4 Å². The number of rotatable bonds is 18. The molecule has 322 valence electrons. The smallest absolute Gasteiger partial charge is 0.368 e. The first-order valence-electron chi connectivity index (χ1n) is 17.2. The molecule has 4 N–H and O–H groups in total. The predicted molar refractivity (Wildman–Crippen MR) is 197 cm³/mol. The van der Waals surface area contributed by atoms with E-state index in [1.807, 2.05) is 0 Å². The van der Waals surface area contributed by atoms with Crippen molar-refractivity contribution in [1.29, 1.82) is 0 Å². The average molecular weight is 882 g/mol. The first-order valence-corrected chi connectivity index (χ1v) is 20.3. The van der Waals surface area contributed by atoms with Gasteiger partial charge in [0.25, 0.3) is 5.91 Å². The Labute approximate surface area is 333 Å². The van der Waals surface area contributed by atoms with Gasteiger partial charge in [0.05, 0.1) is 0 Å². The summed E-state index contributed by atoms with van der Waals surface area (Å²) in [4.78, 5) is 40.3. The maximum atomic E-state index is 15.3. The van der Waals surface area contributed by atoms with Crippen LogP contribution in [0.3, 0.4) is 0 Å². The lowest BCUT2D eigenvalue weighted by atomic mass is 9.96. The Morgan fingerprint density at radius 3 is 1.51 bits per heavy atom. The third-order valence-electron chi connectivity index (χ3n) is 9.48. The van der Waals surface area contributed by atoms with Crippen molar-refractivity contribution < 1.29 is 72.3 Å². The summed E-state index contributed by atoms with van der Waals surface area (Å²) in [5.74, 6) is -3.26. The summed E-state index contributed by atoms with van der Waals surface area (Å²) in [6, 6.07) is 6.52. The molecular formula is C36H40F7N5O9P2. The number of hydrogen-bond donors (Lipinski definition) is 3. The average Bonchev–Trinajstić information content (AvgIpc) is 3.99. The van der Waals surface area contributed by atoms with Gasteiger partial charge in [-0.25, -0.2) is 0 Å². The summed E-state index contributed by atoms with van der Waals surface area (Å²) in [5.41, 5.74) is -7.51. The highest BCUT2D eigenvalue weighted by molar-refractivity contribution is 7.55. The molecule has 14 nitrogen and oxygen atoms in total. The van der Waals surface area contributed by atoms with Gasteiger partial charge in [0, 0.05) is 63.5 Å². The zero-order valence-electron chi connectivity index (χ0n) is 32.5. The normalized spacial score (nSPS) is 15.4. The minimum Gasteiger partial charge on any atom is -0.368 e. The molecule has 0 radical (unpaired) electrons. The van der Waals surface area contributed by atoms with Crippen molar-refractivity contribution in [2.75, 3.05) is 28.4 Å². The molecule has 0 unspecified atom stereocenters. The Balaban J connectivity index is 1.69. The van der Waals surface area contributed by atoms with Gasteiger partial charge in [-0.1, -0.05) is 42.5 Å². The van der Waals surface area contributed by atoms with Gasteiger partial charge in [-0.05, 0) is 60.7 Å². The van der Waals surface area contributed by atoms with E-state index >= 15 is 17.6 Å². The molecule has 1 aliphatic heterocycles. The Morgan fingerprint density at radius 1 is 0.695 bits per heavy atom. The third-order valence-corrected chi connectivity index (χ3v) is 13.3. The molecule has 0 spiro atoms. The maximum Gasteiger partial charge on any atom is 0.442 e. The van der Waals surface area contributed by atoms with Crippen molar-refractivity contribution in [2.24, 2.45) is 16.0 Å². The quantitative estimate of drug-likeness (QED) is 0.0860. The number of nitrogens with one attached hydrogen (secondary N) is 2. The number of nitrogens with two attached hydrogens (primary N) is 1. The first kappa shape index (κ1) is 47.2. The number of nitrogens with zero attached hydrogens (tertiary/aromatic N) is 2. The van der Waals surface area contributed by atoms with Crippen molar-refractivity contribution in [3.8, 4) is 0 Å². The van der Waals surface area contributed by atoms with Gasteiger partial charge in [-0.15, -0.1) is 10.2 Å². The summed E-state index contributed by atoms with van der Waals surface area (Å²) >= 11 is 0. The number of alkyl halides is 7. The largest absolute Gasteiger partial charge is 0.442 e. The second-order valence-electron chi connectivity index (χ2n) is 13.5. The van der Waals surface area contributed by atoms with Gasteiger partial charge in [-0.3, -0.25) is 23.5 Å². The summed E-state index contributed by atoms with van der Waals surface area (Å²) in [6.45, 7) is 3.91. The third kappa shape index (κ3) is 9.30. The van der Waals surface area contributed by atoms with E-state index < -0.39 is 97.7 Å². The summed E-state index contributed by atoms with van der Waals surface area (Å²) in [6.07, 6.45) is -5.80. The SMILES string of the molecule is COP(=O)(OC)C(F)(F)c1ccc(C[C@H](NC(=O)[C@H](Cc2ccc(C(F)(F)P(=O)(OC)OC)c(C)c2)NC(=O)c2cc(C)cc(C3(C(F)(F)F)N=N3)c2)C(N)=O)cc1C. The number of halogens is 7. The number of carbonyl (C=O) groups is 3. The zero-order chi connectivity index (χ0) is 44.5. The van der Waals surface area contributed by atoms with Crippen LogP contribution in [0.5, 0.6) is 0 Å². The lowest BCUT2D eigenvalue weighted by Crippen LogP contribution is -2.54. The van der Waals surface area contributed by atoms with Crippen molar-refractivity contribution in [1.82, 2.24) is 10.6 Å². The molecule has 2 atom stereocenters. The van der Waals surface area contributed by atoms with Crippen LogP contribution >= 0.6 is 15.2 Å². The zero-order valence-corrected chi connectivity index (χ0v) is 34.2. The molecule has 1 aliphatic rings. The number of carbonyl (C=O) groups excluding carboxylic acids is 3. The van der Waals surface area contributed by atoms with Crippen LogP contribution in [0.2, 0.25) is 0 Å². The summed E-state index contributed by atoms with van der Waals surface area (Å²) < 4.78 is 146. The Hall–Kier alpha value is -4.52. The van der Waals surface area contributed by atoms with E-state index in [4.69, 9.17) is 5.73 Å². The molecule has 1 heterocycles. The molecular weight excluding hydrogens is 841 g/mol. The van der Waals surface area contributed by atoms with Gasteiger partial charge in [-0.2, -0.15) is 30.7 Å². The van der Waals surface area contributed by atoms with Gasteiger partial charge in [0.15, 0.2) is 0 Å². The standard InChI is InChI=1S/C36H40F7N5O9P2/c1-19-12-24(18-25(13-19)33(47-48-33)36(41,42)43)31(50)46-29(17-23-9-11-27(21(3)15-23)35(39,40)59(53,56-6)57-7)32(51)45-28(30(44)49)16-22-8-10-26(20(2)14-22)34(37,38)58(52,54-4)55-5/h8-15,18,28-29H,16-17H2,1-7H3,(H2,44,49)(H,45,51)(H,46,50)/t28-,29-/m0/s1. The Morgan fingerprint density at radius 2 is 1.14 bits per heavy atom. The summed E-state index contributed by atoms with van der Waals surface area (Å²) in [7, 11) is -6.80. The molecule has 0 aromatic heterocycles. The van der Waals surface area contributed by atoms with E-state index in [0.29, 0.717) is 0 Å². The highest BCUT2D eigenvalue weighted by Crippen LogP contribution is 2.67. The van der Waals surface area contributed by atoms with Gasteiger partial charge in [0.1, 0.15) is 12.1 Å². The van der Waals surface area contributed by atoms with E-state index in [0.717, 1.165) is 64.8 Å². The number of primary amides is 1. The number of benzene rings is 3. The maximum absolute atomic E-state index is 15.3. The molecule has 3 amide bonds. The Bertz CT molecular complexity index is 2240. The molecule has 4 rings (SSSR count). The van der Waals surface area contributed by atoms with Crippen molar-refractivity contribution in [3.63, 3.8) is 0 Å². The lowest BCUT2D eigenvalue weighted by Gasteiger charge is -2.26. The van der Waals surface area contributed by atoms with E-state index in [9.17, 15) is 36.7 Å². The van der Waals surface area contributed by atoms with Gasteiger partial charge >= 0.3 is 38.4 Å². The van der Waals surface area contributed by atoms with Crippen LogP contribution in [-0.4, -0.2) is 64.4 Å². The van der Waals surface area contributed by atoms with Crippen LogP contribution < -0.4 is 16.4 Å². The van der Waals surface area contributed by atoms with E-state index in [2.05, 4.69) is 39.0 Å². The lowest BCUT2D eigenvalue weighted by molar-refractivity contribution is -0.166. The monoisotopic (exact) mass is 881 g/mol. The van der Waals surface area contributed by atoms with Crippen LogP contribution in [0.25, 0.3) is 0 Å². The minimum absolute atomic E-state index is 0.102. The van der Waals surface area contributed by atoms with Gasteiger partial charge < -0.3 is 34.5 Å². The van der Waals surface area contributed by atoms with Crippen LogP contribution in [0, 0.1) is 20.8 Å². The van der Waals surface area contributed by atoms with Crippen LogP contribution in [-0.2, 0) is 66.6 Å². The van der Waals surface area contributed by atoms with Crippen molar-refractivity contribution >= 4 is 32.9 Å². The molecule has 3 aromatic rings. The molecule has 0 saturated carbocycles. The van der Waals surface area contributed by atoms with Crippen molar-refractivity contribution in [2.45, 2.75) is 68.9 Å². The second-order valence-corrected chi connectivity index (χ2v) is 18.0. The fraction of sp³-hybridized carbons (Fsp3) is 0.417. The first-order chi connectivity index (χ1) is 27.3. The van der Waals surface area contributed by atoms with Crippen molar-refractivity contribution in [3.05, 3.63) is 105 Å². The highest BCUT2D eigenvalue weighted by atomic mass is 31.2. The molecule has 59 heavy (non-hydrogen) atoms. The van der Waals surface area contributed by atoms with Crippen LogP contribution in [0.15, 0.2) is 64.8 Å². The fourth-order valence-corrected chi connectivity index (χ4v) is 8.57. The molecule has 23 heteroatoms. The van der Waals surface area contributed by atoms with Crippen LogP contribution in [0.1, 0.15) is 54.9 Å². The van der Waals surface area contributed by atoms with E-state index in [1.54, 1.807) is 0 Å². The van der Waals surface area contributed by atoms with Gasteiger partial charge in [0.2, 0.25) is 11.8 Å². The fourth-order valence-electron chi connectivity index (χ4n) is 6.26. The number of hydrogen-bond acceptors (Lipinski definition) is 11. The number of amides is 3.